The summed E-state index contributed by atoms with van der Waals surface area (Å²) < 4.78 is 0. The Morgan fingerprint density at radius 3 is 2.44 bits per heavy atom. The van der Waals surface area contributed by atoms with Crippen molar-refractivity contribution in [1.29, 1.82) is 0 Å². The minimum atomic E-state index is -0.137. The molecule has 4 heteroatoms. The summed E-state index contributed by atoms with van der Waals surface area (Å²) in [6.45, 7) is 4.78. The standard InChI is InChI=1S/C21H21N3O/c1-15-6-8-18(9-7-15)21(25)24-19-10-11-20(23-14-19)22-13-17-5-3-4-16(2)12-17/h3-12,14H,13H2,1-2H3,(H,22,23)(H,24,25). The lowest BCUT2D eigenvalue weighted by Gasteiger charge is -2.08. The molecule has 0 aliphatic heterocycles. The molecule has 0 fully saturated rings. The highest BCUT2D eigenvalue weighted by molar-refractivity contribution is 6.04. The number of carbonyl (C=O) groups excluding carboxylic acids is 1. The first-order valence-corrected chi connectivity index (χ1v) is 8.24. The van der Waals surface area contributed by atoms with E-state index in [1.807, 2.05) is 49.4 Å². The average molecular weight is 331 g/mol. The first kappa shape index (κ1) is 16.7. The predicted molar refractivity (Wildman–Crippen MR) is 102 cm³/mol. The van der Waals surface area contributed by atoms with Crippen LogP contribution in [-0.4, -0.2) is 10.9 Å². The van der Waals surface area contributed by atoms with E-state index in [9.17, 15) is 4.79 Å². The Kier molecular flexibility index (Phi) is 5.09. The lowest BCUT2D eigenvalue weighted by Crippen LogP contribution is -2.12. The molecule has 0 atom stereocenters. The third-order valence-electron chi connectivity index (χ3n) is 3.89. The van der Waals surface area contributed by atoms with Crippen molar-refractivity contribution in [2.45, 2.75) is 20.4 Å². The lowest BCUT2D eigenvalue weighted by atomic mass is 10.1. The van der Waals surface area contributed by atoms with E-state index in [1.54, 1.807) is 6.20 Å². The summed E-state index contributed by atoms with van der Waals surface area (Å²) in [5.74, 6) is 0.636. The number of nitrogens with one attached hydrogen (secondary N) is 2. The quantitative estimate of drug-likeness (QED) is 0.720. The van der Waals surface area contributed by atoms with E-state index >= 15 is 0 Å². The molecule has 2 N–H and O–H groups in total. The maximum absolute atomic E-state index is 12.2. The molecule has 0 unspecified atom stereocenters. The number of hydrogen-bond donors (Lipinski definition) is 2. The van der Waals surface area contributed by atoms with Gasteiger partial charge in [0.2, 0.25) is 0 Å². The highest BCUT2D eigenvalue weighted by atomic mass is 16.1. The van der Waals surface area contributed by atoms with E-state index in [0.29, 0.717) is 17.8 Å². The number of anilines is 2. The van der Waals surface area contributed by atoms with Crippen molar-refractivity contribution in [1.82, 2.24) is 4.98 Å². The van der Waals surface area contributed by atoms with Gasteiger partial charge in [0.1, 0.15) is 5.82 Å². The average Bonchev–Trinajstić information content (AvgIpc) is 2.62. The molecule has 0 saturated carbocycles. The maximum atomic E-state index is 12.2. The zero-order valence-corrected chi connectivity index (χ0v) is 14.4. The summed E-state index contributed by atoms with van der Waals surface area (Å²) >= 11 is 0. The molecule has 1 aromatic heterocycles. The Bertz CT molecular complexity index is 855. The van der Waals surface area contributed by atoms with Gasteiger partial charge in [-0.2, -0.15) is 0 Å². The number of carbonyl (C=O) groups is 1. The van der Waals surface area contributed by atoms with Gasteiger partial charge in [0.15, 0.2) is 0 Å². The second kappa shape index (κ2) is 7.62. The van der Waals surface area contributed by atoms with Crippen LogP contribution < -0.4 is 10.6 Å². The fourth-order valence-corrected chi connectivity index (χ4v) is 2.50. The number of amides is 1. The molecular weight excluding hydrogens is 310 g/mol. The summed E-state index contributed by atoms with van der Waals surface area (Å²) in [6.07, 6.45) is 1.66. The zero-order valence-electron chi connectivity index (χ0n) is 14.4. The summed E-state index contributed by atoms with van der Waals surface area (Å²) in [5.41, 5.74) is 4.88. The topological polar surface area (TPSA) is 54.0 Å². The lowest BCUT2D eigenvalue weighted by molar-refractivity contribution is 0.102. The number of nitrogens with zero attached hydrogens (tertiary/aromatic N) is 1. The molecule has 1 amide bonds. The van der Waals surface area contributed by atoms with Crippen LogP contribution in [0.1, 0.15) is 27.0 Å². The summed E-state index contributed by atoms with van der Waals surface area (Å²) in [5, 5.41) is 6.14. The minimum absolute atomic E-state index is 0.137. The Hall–Kier alpha value is -3.14. The van der Waals surface area contributed by atoms with Crippen LogP contribution in [0.5, 0.6) is 0 Å². The van der Waals surface area contributed by atoms with Crippen LogP contribution in [0.15, 0.2) is 66.9 Å². The third kappa shape index (κ3) is 4.67. The van der Waals surface area contributed by atoms with Crippen LogP contribution in [0.4, 0.5) is 11.5 Å². The van der Waals surface area contributed by atoms with Gasteiger partial charge < -0.3 is 10.6 Å². The monoisotopic (exact) mass is 331 g/mol. The van der Waals surface area contributed by atoms with E-state index in [0.717, 1.165) is 11.4 Å². The van der Waals surface area contributed by atoms with Gasteiger partial charge in [-0.15, -0.1) is 0 Å². The van der Waals surface area contributed by atoms with Gasteiger partial charge in [0, 0.05) is 12.1 Å². The van der Waals surface area contributed by atoms with Gasteiger partial charge in [0.05, 0.1) is 11.9 Å². The van der Waals surface area contributed by atoms with Crippen LogP contribution in [0.3, 0.4) is 0 Å². The van der Waals surface area contributed by atoms with Crippen molar-refractivity contribution in [3.63, 3.8) is 0 Å². The first-order valence-electron chi connectivity index (χ1n) is 8.24. The van der Waals surface area contributed by atoms with Gasteiger partial charge >= 0.3 is 0 Å². The molecule has 2 aromatic carbocycles. The number of aromatic nitrogens is 1. The van der Waals surface area contributed by atoms with Crippen LogP contribution in [-0.2, 0) is 6.54 Å². The number of hydrogen-bond acceptors (Lipinski definition) is 3. The highest BCUT2D eigenvalue weighted by Crippen LogP contribution is 2.13. The first-order chi connectivity index (χ1) is 12.1. The summed E-state index contributed by atoms with van der Waals surface area (Å²) in [7, 11) is 0. The van der Waals surface area contributed by atoms with Crippen molar-refractivity contribution in [3.8, 4) is 0 Å². The van der Waals surface area contributed by atoms with E-state index in [4.69, 9.17) is 0 Å². The highest BCUT2D eigenvalue weighted by Gasteiger charge is 2.06. The number of rotatable bonds is 5. The van der Waals surface area contributed by atoms with E-state index in [1.165, 1.54) is 11.1 Å². The second-order valence-electron chi connectivity index (χ2n) is 6.09. The molecule has 1 heterocycles. The summed E-state index contributed by atoms with van der Waals surface area (Å²) in [4.78, 5) is 16.5. The van der Waals surface area contributed by atoms with Crippen molar-refractivity contribution < 1.29 is 4.79 Å². The molecule has 25 heavy (non-hydrogen) atoms. The normalized spacial score (nSPS) is 10.3. The molecule has 0 radical (unpaired) electrons. The molecule has 0 aliphatic carbocycles. The van der Waals surface area contributed by atoms with Crippen molar-refractivity contribution in [2.24, 2.45) is 0 Å². The van der Waals surface area contributed by atoms with Crippen molar-refractivity contribution in [3.05, 3.63) is 89.1 Å². The SMILES string of the molecule is Cc1ccc(C(=O)Nc2ccc(NCc3cccc(C)c3)nc2)cc1. The molecule has 126 valence electrons. The smallest absolute Gasteiger partial charge is 0.255 e. The van der Waals surface area contributed by atoms with Crippen molar-refractivity contribution >= 4 is 17.4 Å². The van der Waals surface area contributed by atoms with E-state index in [-0.39, 0.29) is 5.91 Å². The Labute approximate surface area is 147 Å². The predicted octanol–water partition coefficient (Wildman–Crippen LogP) is 4.56. The largest absolute Gasteiger partial charge is 0.366 e. The Balaban J connectivity index is 1.58. The van der Waals surface area contributed by atoms with Crippen molar-refractivity contribution in [2.75, 3.05) is 10.6 Å². The fraction of sp³-hybridized carbons (Fsp3) is 0.143. The Morgan fingerprint density at radius 1 is 0.960 bits per heavy atom. The number of pyridine rings is 1. The van der Waals surface area contributed by atoms with Gasteiger partial charge in [-0.1, -0.05) is 47.5 Å². The molecule has 3 rings (SSSR count). The summed E-state index contributed by atoms with van der Waals surface area (Å²) in [6, 6.07) is 19.5. The molecule has 0 bridgehead atoms. The van der Waals surface area contributed by atoms with E-state index < -0.39 is 0 Å². The van der Waals surface area contributed by atoms with Gasteiger partial charge in [0.25, 0.3) is 5.91 Å². The third-order valence-corrected chi connectivity index (χ3v) is 3.89. The zero-order chi connectivity index (χ0) is 17.6. The number of benzene rings is 2. The molecule has 4 nitrogen and oxygen atoms in total. The minimum Gasteiger partial charge on any atom is -0.366 e. The van der Waals surface area contributed by atoms with Crippen LogP contribution in [0.2, 0.25) is 0 Å². The molecule has 0 spiro atoms. The molecule has 3 aromatic rings. The fourth-order valence-electron chi connectivity index (χ4n) is 2.50. The Morgan fingerprint density at radius 2 is 1.76 bits per heavy atom. The second-order valence-corrected chi connectivity index (χ2v) is 6.09. The van der Waals surface area contributed by atoms with Crippen LogP contribution >= 0.6 is 0 Å². The molecular formula is C21H21N3O. The van der Waals surface area contributed by atoms with Crippen LogP contribution in [0.25, 0.3) is 0 Å². The van der Waals surface area contributed by atoms with Gasteiger partial charge in [-0.3, -0.25) is 4.79 Å². The maximum Gasteiger partial charge on any atom is 0.255 e. The molecule has 0 saturated heterocycles. The van der Waals surface area contributed by atoms with E-state index in [2.05, 4.69) is 40.7 Å². The van der Waals surface area contributed by atoms with Gasteiger partial charge in [-0.05, 0) is 43.7 Å². The van der Waals surface area contributed by atoms with Crippen LogP contribution in [0, 0.1) is 13.8 Å². The number of aryl methyl sites for hydroxylation is 2. The van der Waals surface area contributed by atoms with Gasteiger partial charge in [-0.25, -0.2) is 4.98 Å². The molecule has 0 aliphatic rings.